The fraction of sp³-hybridized carbons (Fsp3) is 0.333. The van der Waals surface area contributed by atoms with Crippen LogP contribution >= 0.6 is 0 Å². The van der Waals surface area contributed by atoms with Gasteiger partial charge in [0.1, 0.15) is 0 Å². The van der Waals surface area contributed by atoms with Crippen LogP contribution in [0.4, 0.5) is 18.9 Å². The predicted molar refractivity (Wildman–Crippen MR) is 54.6 cm³/mol. The highest BCUT2D eigenvalue weighted by atomic mass is 19.4. The molecule has 0 aliphatic carbocycles. The van der Waals surface area contributed by atoms with Crippen molar-refractivity contribution in [1.82, 2.24) is 4.98 Å². The number of carboxylic acid groups (broad SMARTS) is 1. The van der Waals surface area contributed by atoms with Gasteiger partial charge in [0.2, 0.25) is 5.88 Å². The zero-order valence-corrected chi connectivity index (χ0v) is 8.99. The molecule has 0 aliphatic heterocycles. The first-order valence-electron chi connectivity index (χ1n) is 4.68. The molecule has 0 amide bonds. The van der Waals surface area contributed by atoms with Gasteiger partial charge in [0, 0.05) is 12.7 Å². The lowest BCUT2D eigenvalue weighted by Gasteiger charge is -2.14. The van der Waals surface area contributed by atoms with Gasteiger partial charge in [-0.3, -0.25) is 4.79 Å². The average molecular weight is 265 g/mol. The second-order valence-corrected chi connectivity index (χ2v) is 3.30. The van der Waals surface area contributed by atoms with E-state index in [2.05, 4.69) is 9.72 Å². The number of alkyl halides is 3. The van der Waals surface area contributed by atoms with E-state index in [4.69, 9.17) is 16.6 Å². The molecule has 5 N–H and O–H groups in total. The van der Waals surface area contributed by atoms with Gasteiger partial charge >= 0.3 is 12.3 Å². The maximum Gasteiger partial charge on any atom is 0.574 e. The van der Waals surface area contributed by atoms with Gasteiger partial charge in [-0.05, 0) is 11.1 Å². The lowest BCUT2D eigenvalue weighted by molar-refractivity contribution is -0.275. The number of aromatic nitrogens is 1. The maximum absolute atomic E-state index is 12.0. The molecule has 1 aromatic heterocycles. The number of carboxylic acids is 1. The molecule has 0 aromatic carbocycles. The van der Waals surface area contributed by atoms with Gasteiger partial charge in [-0.15, -0.1) is 13.2 Å². The van der Waals surface area contributed by atoms with Crippen molar-refractivity contribution in [2.75, 3.05) is 5.73 Å². The van der Waals surface area contributed by atoms with Crippen molar-refractivity contribution in [3.8, 4) is 5.88 Å². The summed E-state index contributed by atoms with van der Waals surface area (Å²) in [5.74, 6) is -2.13. The van der Waals surface area contributed by atoms with E-state index in [1.54, 1.807) is 0 Å². The van der Waals surface area contributed by atoms with E-state index in [1.165, 1.54) is 0 Å². The zero-order chi connectivity index (χ0) is 13.9. The number of anilines is 1. The van der Waals surface area contributed by atoms with E-state index in [1.807, 2.05) is 0 Å². The van der Waals surface area contributed by atoms with Crippen LogP contribution in [0.5, 0.6) is 5.88 Å². The third-order valence-electron chi connectivity index (χ3n) is 2.04. The van der Waals surface area contributed by atoms with E-state index in [9.17, 15) is 18.0 Å². The Morgan fingerprint density at radius 1 is 1.50 bits per heavy atom. The van der Waals surface area contributed by atoms with Crippen LogP contribution in [0.3, 0.4) is 0 Å². The number of halogens is 3. The Kier molecular flexibility index (Phi) is 3.96. The van der Waals surface area contributed by atoms with Crippen LogP contribution in [0.25, 0.3) is 0 Å². The van der Waals surface area contributed by atoms with Crippen LogP contribution in [-0.4, -0.2) is 22.4 Å². The number of hydrogen-bond acceptors (Lipinski definition) is 5. The van der Waals surface area contributed by atoms with Crippen molar-refractivity contribution in [2.45, 2.75) is 19.3 Å². The van der Waals surface area contributed by atoms with Gasteiger partial charge in [-0.1, -0.05) is 0 Å². The fourth-order valence-electron chi connectivity index (χ4n) is 1.31. The van der Waals surface area contributed by atoms with Gasteiger partial charge < -0.3 is 21.3 Å². The van der Waals surface area contributed by atoms with E-state index < -0.39 is 30.3 Å². The van der Waals surface area contributed by atoms with Crippen LogP contribution in [0.15, 0.2) is 6.20 Å². The number of aliphatic carboxylic acids is 1. The molecule has 0 saturated heterocycles. The molecule has 1 rings (SSSR count). The number of pyridine rings is 1. The summed E-state index contributed by atoms with van der Waals surface area (Å²) in [5.41, 5.74) is 10.5. The zero-order valence-electron chi connectivity index (χ0n) is 8.99. The molecule has 0 fully saturated rings. The molecule has 0 unspecified atom stereocenters. The molecule has 0 radical (unpaired) electrons. The van der Waals surface area contributed by atoms with Gasteiger partial charge in [-0.2, -0.15) is 0 Å². The van der Waals surface area contributed by atoms with Gasteiger partial charge in [0.05, 0.1) is 12.1 Å². The molecule has 0 spiro atoms. The number of nitrogens with zero attached hydrogens (tertiary/aromatic N) is 1. The standard InChI is InChI=1S/C9H10F3N3O3/c10-9(11,12)18-8-7(14)5(1-6(16)17)4(2-13)3-15-8/h3H,1-2,13-14H2,(H,16,17). The molecule has 6 nitrogen and oxygen atoms in total. The quantitative estimate of drug-likeness (QED) is 0.736. The summed E-state index contributed by atoms with van der Waals surface area (Å²) in [4.78, 5) is 14.0. The Morgan fingerprint density at radius 2 is 2.11 bits per heavy atom. The summed E-state index contributed by atoms with van der Waals surface area (Å²) < 4.78 is 39.7. The van der Waals surface area contributed by atoms with Crippen molar-refractivity contribution in [3.63, 3.8) is 0 Å². The fourth-order valence-corrected chi connectivity index (χ4v) is 1.31. The van der Waals surface area contributed by atoms with Crippen molar-refractivity contribution in [3.05, 3.63) is 17.3 Å². The average Bonchev–Trinajstić information content (AvgIpc) is 2.22. The minimum absolute atomic E-state index is 0.0285. The predicted octanol–water partition coefficient (Wildman–Crippen LogP) is 0.648. The van der Waals surface area contributed by atoms with Crippen LogP contribution in [-0.2, 0) is 17.8 Å². The highest BCUT2D eigenvalue weighted by molar-refractivity contribution is 5.75. The first-order chi connectivity index (χ1) is 8.24. The Bertz CT molecular complexity index is 462. The molecule has 9 heteroatoms. The molecular weight excluding hydrogens is 255 g/mol. The second kappa shape index (κ2) is 5.08. The minimum atomic E-state index is -4.95. The Labute approximate surface area is 99.4 Å². The molecular formula is C9H10F3N3O3. The Hall–Kier alpha value is -2.03. The summed E-state index contributed by atoms with van der Waals surface area (Å²) in [6.07, 6.45) is -4.50. The lowest BCUT2D eigenvalue weighted by atomic mass is 10.1. The monoisotopic (exact) mass is 265 g/mol. The number of hydrogen-bond donors (Lipinski definition) is 3. The first-order valence-corrected chi connectivity index (χ1v) is 4.68. The van der Waals surface area contributed by atoms with Crippen molar-refractivity contribution < 1.29 is 27.8 Å². The van der Waals surface area contributed by atoms with Crippen LogP contribution in [0.1, 0.15) is 11.1 Å². The van der Waals surface area contributed by atoms with Crippen LogP contribution in [0, 0.1) is 0 Å². The Morgan fingerprint density at radius 3 is 2.56 bits per heavy atom. The highest BCUT2D eigenvalue weighted by Crippen LogP contribution is 2.30. The number of carbonyl (C=O) groups is 1. The van der Waals surface area contributed by atoms with Crippen molar-refractivity contribution >= 4 is 11.7 Å². The first kappa shape index (κ1) is 14.0. The summed E-state index contributed by atoms with van der Waals surface area (Å²) in [5, 5.41) is 8.65. The molecule has 1 heterocycles. The molecule has 0 saturated carbocycles. The van der Waals surface area contributed by atoms with Gasteiger partial charge in [0.15, 0.2) is 0 Å². The third-order valence-corrected chi connectivity index (χ3v) is 2.04. The SMILES string of the molecule is NCc1cnc(OC(F)(F)F)c(N)c1CC(=O)O. The summed E-state index contributed by atoms with van der Waals surface area (Å²) >= 11 is 0. The number of ether oxygens (including phenoxy) is 1. The molecule has 18 heavy (non-hydrogen) atoms. The Balaban J connectivity index is 3.20. The topological polar surface area (TPSA) is 111 Å². The minimum Gasteiger partial charge on any atom is -0.481 e. The van der Waals surface area contributed by atoms with Gasteiger partial charge in [0.25, 0.3) is 0 Å². The van der Waals surface area contributed by atoms with E-state index >= 15 is 0 Å². The third kappa shape index (κ3) is 3.48. The summed E-state index contributed by atoms with van der Waals surface area (Å²) in [6, 6.07) is 0. The summed E-state index contributed by atoms with van der Waals surface area (Å²) in [6.45, 7) is -0.0912. The summed E-state index contributed by atoms with van der Waals surface area (Å²) in [7, 11) is 0. The van der Waals surface area contributed by atoms with Crippen molar-refractivity contribution in [1.29, 1.82) is 0 Å². The van der Waals surface area contributed by atoms with Crippen LogP contribution < -0.4 is 16.2 Å². The maximum atomic E-state index is 12.0. The molecule has 1 aromatic rings. The number of rotatable bonds is 4. The largest absolute Gasteiger partial charge is 0.574 e. The molecule has 100 valence electrons. The van der Waals surface area contributed by atoms with E-state index in [0.29, 0.717) is 0 Å². The molecule has 0 atom stereocenters. The normalized spacial score (nSPS) is 11.3. The van der Waals surface area contributed by atoms with Crippen molar-refractivity contribution in [2.24, 2.45) is 5.73 Å². The van der Waals surface area contributed by atoms with E-state index in [-0.39, 0.29) is 17.7 Å². The molecule has 0 bridgehead atoms. The lowest BCUT2D eigenvalue weighted by Crippen LogP contribution is -2.20. The van der Waals surface area contributed by atoms with Gasteiger partial charge in [-0.25, -0.2) is 4.98 Å². The smallest absolute Gasteiger partial charge is 0.481 e. The second-order valence-electron chi connectivity index (χ2n) is 3.30. The highest BCUT2D eigenvalue weighted by Gasteiger charge is 2.33. The number of nitrogen functional groups attached to an aromatic ring is 1. The van der Waals surface area contributed by atoms with E-state index in [0.717, 1.165) is 6.20 Å². The molecule has 0 aliphatic rings. The van der Waals surface area contributed by atoms with Crippen LogP contribution in [0.2, 0.25) is 0 Å². The number of nitrogens with two attached hydrogens (primary N) is 2.